The number of carbonyl (C=O) groups excluding carboxylic acids is 1. The van der Waals surface area contributed by atoms with Crippen molar-refractivity contribution in [2.45, 2.75) is 26.0 Å². The highest BCUT2D eigenvalue weighted by molar-refractivity contribution is 5.75. The average molecular weight is 292 g/mol. The number of β-amino-alcohol motifs (C(OH)–C–C–N with tert-alkyl or cyclic N) is 1. The van der Waals surface area contributed by atoms with E-state index in [0.717, 1.165) is 24.5 Å². The molecule has 0 bridgehead atoms. The maximum Gasteiger partial charge on any atom is 0.220 e. The number of amides is 1. The van der Waals surface area contributed by atoms with Gasteiger partial charge in [-0.05, 0) is 19.1 Å². The Balaban J connectivity index is 1.92. The Morgan fingerprint density at radius 2 is 2.33 bits per heavy atom. The molecule has 1 aromatic rings. The minimum absolute atomic E-state index is 0.00176. The molecule has 1 fully saturated rings. The lowest BCUT2D eigenvalue weighted by Gasteiger charge is -2.15. The van der Waals surface area contributed by atoms with Crippen molar-refractivity contribution in [2.24, 2.45) is 5.92 Å². The first-order chi connectivity index (χ1) is 10.1. The number of aromatic nitrogens is 1. The third-order valence-electron chi connectivity index (χ3n) is 3.79. The van der Waals surface area contributed by atoms with Crippen molar-refractivity contribution in [2.75, 3.05) is 32.0 Å². The van der Waals surface area contributed by atoms with Gasteiger partial charge in [-0.25, -0.2) is 0 Å². The molecule has 0 unspecified atom stereocenters. The normalized spacial score (nSPS) is 22.2. The van der Waals surface area contributed by atoms with E-state index in [0.29, 0.717) is 19.5 Å². The van der Waals surface area contributed by atoms with Crippen LogP contribution in [0.25, 0.3) is 0 Å². The van der Waals surface area contributed by atoms with E-state index in [1.807, 2.05) is 12.1 Å². The molecule has 0 aliphatic carbocycles. The molecule has 6 nitrogen and oxygen atoms in total. The second kappa shape index (κ2) is 7.38. The number of hydrogen-bond donors (Lipinski definition) is 3. The number of carbonyl (C=O) groups is 1. The van der Waals surface area contributed by atoms with Gasteiger partial charge in [0.2, 0.25) is 5.91 Å². The number of aliphatic hydroxyl groups is 1. The largest absolute Gasteiger partial charge is 0.391 e. The van der Waals surface area contributed by atoms with E-state index >= 15 is 0 Å². The van der Waals surface area contributed by atoms with E-state index in [-0.39, 0.29) is 11.8 Å². The van der Waals surface area contributed by atoms with E-state index in [1.165, 1.54) is 0 Å². The van der Waals surface area contributed by atoms with Crippen LogP contribution in [0.5, 0.6) is 0 Å². The van der Waals surface area contributed by atoms with Crippen LogP contribution < -0.4 is 10.6 Å². The molecule has 2 rings (SSSR count). The highest BCUT2D eigenvalue weighted by Crippen LogP contribution is 2.22. The Morgan fingerprint density at radius 1 is 1.52 bits per heavy atom. The van der Waals surface area contributed by atoms with Crippen LogP contribution in [0.3, 0.4) is 0 Å². The third kappa shape index (κ3) is 4.41. The molecule has 2 atom stereocenters. The summed E-state index contributed by atoms with van der Waals surface area (Å²) in [6.45, 7) is 4.94. The first kappa shape index (κ1) is 15.7. The highest BCUT2D eigenvalue weighted by Gasteiger charge is 2.32. The van der Waals surface area contributed by atoms with Crippen LogP contribution >= 0.6 is 0 Å². The first-order valence-corrected chi connectivity index (χ1v) is 7.42. The molecule has 6 heteroatoms. The molecule has 1 saturated heterocycles. The topological polar surface area (TPSA) is 77.5 Å². The summed E-state index contributed by atoms with van der Waals surface area (Å²) < 4.78 is 0. The molecule has 1 aliphatic rings. The van der Waals surface area contributed by atoms with Crippen LogP contribution in [0.1, 0.15) is 19.0 Å². The molecular weight excluding hydrogens is 268 g/mol. The Kier molecular flexibility index (Phi) is 5.52. The predicted octanol–water partition coefficient (Wildman–Crippen LogP) is 0.442. The Hall–Kier alpha value is -1.66. The van der Waals surface area contributed by atoms with Gasteiger partial charge in [0.25, 0.3) is 0 Å². The minimum atomic E-state index is -0.445. The minimum Gasteiger partial charge on any atom is -0.391 e. The quantitative estimate of drug-likeness (QED) is 0.709. The van der Waals surface area contributed by atoms with Crippen molar-refractivity contribution in [3.05, 3.63) is 24.0 Å². The summed E-state index contributed by atoms with van der Waals surface area (Å²) in [5.41, 5.74) is 2.03. The van der Waals surface area contributed by atoms with Crippen LogP contribution in [0.4, 0.5) is 5.69 Å². The van der Waals surface area contributed by atoms with Gasteiger partial charge >= 0.3 is 0 Å². The number of rotatable bonds is 6. The van der Waals surface area contributed by atoms with Crippen LogP contribution in [-0.2, 0) is 11.3 Å². The molecule has 0 aromatic carbocycles. The van der Waals surface area contributed by atoms with Crippen LogP contribution in [0.2, 0.25) is 0 Å². The fourth-order valence-electron chi connectivity index (χ4n) is 2.72. The summed E-state index contributed by atoms with van der Waals surface area (Å²) in [6.07, 6.45) is 1.72. The number of likely N-dealkylation sites (tertiary alicyclic amines) is 1. The van der Waals surface area contributed by atoms with Crippen molar-refractivity contribution in [1.29, 1.82) is 0 Å². The smallest absolute Gasteiger partial charge is 0.220 e. The van der Waals surface area contributed by atoms with Gasteiger partial charge in [0.05, 0.1) is 11.8 Å². The highest BCUT2D eigenvalue weighted by atomic mass is 16.3. The summed E-state index contributed by atoms with van der Waals surface area (Å²) in [6, 6.07) is 3.97. The summed E-state index contributed by atoms with van der Waals surface area (Å²) >= 11 is 0. The Morgan fingerprint density at radius 3 is 3.05 bits per heavy atom. The fraction of sp³-hybridized carbons (Fsp3) is 0.600. The summed E-state index contributed by atoms with van der Waals surface area (Å²) in [7, 11) is 1.62. The second-order valence-corrected chi connectivity index (χ2v) is 5.46. The summed E-state index contributed by atoms with van der Waals surface area (Å²) in [5.74, 6) is -0.0185. The standard InChI is InChI=1S/C15H24N4O2/c1-3-17-12-4-5-18-13(7-12)9-19-8-11(14(20)10-19)6-15(21)16-2/h4-5,7,11,14,20H,3,6,8-10H2,1-2H3,(H,16,21)(H,17,18)/t11-,14-/m1/s1. The van der Waals surface area contributed by atoms with Crippen molar-refractivity contribution in [1.82, 2.24) is 15.2 Å². The molecule has 1 aromatic heterocycles. The molecule has 0 saturated carbocycles. The number of anilines is 1. The predicted molar refractivity (Wildman–Crippen MR) is 81.9 cm³/mol. The Bertz CT molecular complexity index is 480. The maximum absolute atomic E-state index is 11.4. The van der Waals surface area contributed by atoms with Gasteiger partial charge in [-0.15, -0.1) is 0 Å². The van der Waals surface area contributed by atoms with E-state index in [1.54, 1.807) is 13.2 Å². The van der Waals surface area contributed by atoms with Gasteiger partial charge in [0, 0.05) is 57.4 Å². The van der Waals surface area contributed by atoms with Gasteiger partial charge < -0.3 is 15.7 Å². The van der Waals surface area contributed by atoms with Gasteiger partial charge in [-0.3, -0.25) is 14.7 Å². The summed E-state index contributed by atoms with van der Waals surface area (Å²) in [4.78, 5) is 18.0. The molecule has 0 spiro atoms. The number of nitrogens with one attached hydrogen (secondary N) is 2. The van der Waals surface area contributed by atoms with Crippen LogP contribution in [-0.4, -0.2) is 53.7 Å². The lowest BCUT2D eigenvalue weighted by atomic mass is 10.0. The Labute approximate surface area is 125 Å². The molecule has 1 amide bonds. The third-order valence-corrected chi connectivity index (χ3v) is 3.79. The fourth-order valence-corrected chi connectivity index (χ4v) is 2.72. The number of nitrogens with zero attached hydrogens (tertiary/aromatic N) is 2. The van der Waals surface area contributed by atoms with Crippen LogP contribution in [0.15, 0.2) is 18.3 Å². The molecular formula is C15H24N4O2. The van der Waals surface area contributed by atoms with E-state index in [4.69, 9.17) is 0 Å². The van der Waals surface area contributed by atoms with Gasteiger partial charge in [0.15, 0.2) is 0 Å². The molecule has 116 valence electrons. The number of aliphatic hydroxyl groups excluding tert-OH is 1. The zero-order valence-electron chi connectivity index (χ0n) is 12.7. The molecule has 1 aliphatic heterocycles. The maximum atomic E-state index is 11.4. The lowest BCUT2D eigenvalue weighted by Crippen LogP contribution is -2.27. The zero-order valence-corrected chi connectivity index (χ0v) is 12.7. The molecule has 2 heterocycles. The van der Waals surface area contributed by atoms with E-state index < -0.39 is 6.10 Å². The molecule has 3 N–H and O–H groups in total. The van der Waals surface area contributed by atoms with Crippen LogP contribution in [0, 0.1) is 5.92 Å². The van der Waals surface area contributed by atoms with Crippen molar-refractivity contribution in [3.8, 4) is 0 Å². The van der Waals surface area contributed by atoms with E-state index in [9.17, 15) is 9.90 Å². The SMILES string of the molecule is CCNc1ccnc(CN2C[C@@H](CC(=O)NC)[C@H](O)C2)c1. The summed E-state index contributed by atoms with van der Waals surface area (Å²) in [5, 5.41) is 15.9. The van der Waals surface area contributed by atoms with Gasteiger partial charge in [-0.1, -0.05) is 0 Å². The first-order valence-electron chi connectivity index (χ1n) is 7.42. The molecule has 0 radical (unpaired) electrons. The lowest BCUT2D eigenvalue weighted by molar-refractivity contribution is -0.122. The van der Waals surface area contributed by atoms with Crippen molar-refractivity contribution >= 4 is 11.6 Å². The van der Waals surface area contributed by atoms with Gasteiger partial charge in [0.1, 0.15) is 0 Å². The monoisotopic (exact) mass is 292 g/mol. The van der Waals surface area contributed by atoms with E-state index in [2.05, 4.69) is 27.4 Å². The average Bonchev–Trinajstić information content (AvgIpc) is 2.79. The number of pyridine rings is 1. The number of hydrogen-bond acceptors (Lipinski definition) is 5. The second-order valence-electron chi connectivity index (χ2n) is 5.46. The van der Waals surface area contributed by atoms with Gasteiger partial charge in [-0.2, -0.15) is 0 Å². The van der Waals surface area contributed by atoms with Crippen molar-refractivity contribution < 1.29 is 9.90 Å². The van der Waals surface area contributed by atoms with Crippen molar-refractivity contribution in [3.63, 3.8) is 0 Å². The molecule has 21 heavy (non-hydrogen) atoms. The zero-order chi connectivity index (χ0) is 15.2.